The summed E-state index contributed by atoms with van der Waals surface area (Å²) < 4.78 is 0. The minimum atomic E-state index is -0.119. The first-order valence-electron chi connectivity index (χ1n) is 5.95. The second-order valence-electron chi connectivity index (χ2n) is 4.15. The Morgan fingerprint density at radius 1 is 0.889 bits per heavy atom. The molecule has 0 aliphatic rings. The summed E-state index contributed by atoms with van der Waals surface area (Å²) in [5, 5.41) is 21.7. The molecule has 0 amide bonds. The number of hydrogen-bond acceptors (Lipinski definition) is 3. The third-order valence-corrected chi connectivity index (χ3v) is 2.86. The molecular weight excluding hydrogens is 226 g/mol. The zero-order valence-electron chi connectivity index (χ0n) is 10.1. The monoisotopic (exact) mass is 243 g/mol. The summed E-state index contributed by atoms with van der Waals surface area (Å²) in [7, 11) is 0. The van der Waals surface area contributed by atoms with E-state index in [-0.39, 0.29) is 19.3 Å². The Bertz CT molecular complexity index is 468. The maximum Gasteiger partial charge on any atom is 0.0745 e. The van der Waals surface area contributed by atoms with Crippen LogP contribution in [-0.2, 0) is 6.61 Å². The van der Waals surface area contributed by atoms with Gasteiger partial charge in [0.25, 0.3) is 0 Å². The van der Waals surface area contributed by atoms with Gasteiger partial charge in [-0.2, -0.15) is 0 Å². The topological polar surface area (TPSA) is 52.5 Å². The van der Waals surface area contributed by atoms with Crippen LogP contribution in [0.5, 0.6) is 0 Å². The molecule has 0 heterocycles. The van der Waals surface area contributed by atoms with Crippen LogP contribution in [0, 0.1) is 0 Å². The van der Waals surface area contributed by atoms with E-state index >= 15 is 0 Å². The molecule has 3 heteroatoms. The molecule has 0 aliphatic heterocycles. The van der Waals surface area contributed by atoms with E-state index in [0.29, 0.717) is 0 Å². The van der Waals surface area contributed by atoms with Crippen LogP contribution in [0.3, 0.4) is 0 Å². The average molecular weight is 243 g/mol. The van der Waals surface area contributed by atoms with E-state index in [1.54, 1.807) is 0 Å². The number of nitrogens with one attached hydrogen (secondary N) is 1. The molecule has 0 saturated heterocycles. The standard InChI is InChI=1S/C15H17NO2/c17-10-12-6-8-14(9-7-12)16-15(11-18)13-4-2-1-3-5-13/h1-9,15-18H,10-11H2/t15-/m0/s1. The van der Waals surface area contributed by atoms with Gasteiger partial charge in [0.05, 0.1) is 19.3 Å². The lowest BCUT2D eigenvalue weighted by molar-refractivity contribution is 0.276. The second kappa shape index (κ2) is 6.19. The van der Waals surface area contributed by atoms with Crippen molar-refractivity contribution in [2.75, 3.05) is 11.9 Å². The van der Waals surface area contributed by atoms with Crippen LogP contribution in [0.15, 0.2) is 54.6 Å². The van der Waals surface area contributed by atoms with Crippen LogP contribution >= 0.6 is 0 Å². The fraction of sp³-hybridized carbons (Fsp3) is 0.200. The highest BCUT2D eigenvalue weighted by atomic mass is 16.3. The number of rotatable bonds is 5. The second-order valence-corrected chi connectivity index (χ2v) is 4.15. The molecule has 0 aromatic heterocycles. The Morgan fingerprint density at radius 3 is 2.11 bits per heavy atom. The van der Waals surface area contributed by atoms with E-state index in [2.05, 4.69) is 5.32 Å². The molecule has 0 spiro atoms. The summed E-state index contributed by atoms with van der Waals surface area (Å²) in [5.41, 5.74) is 2.85. The van der Waals surface area contributed by atoms with E-state index in [4.69, 9.17) is 5.11 Å². The van der Waals surface area contributed by atoms with Gasteiger partial charge >= 0.3 is 0 Å². The van der Waals surface area contributed by atoms with Gasteiger partial charge in [0.15, 0.2) is 0 Å². The van der Waals surface area contributed by atoms with Crippen molar-refractivity contribution in [2.45, 2.75) is 12.6 Å². The molecule has 2 rings (SSSR count). The SMILES string of the molecule is OCc1ccc(N[C@@H](CO)c2ccccc2)cc1. The highest BCUT2D eigenvalue weighted by Gasteiger charge is 2.09. The van der Waals surface area contributed by atoms with E-state index in [1.807, 2.05) is 54.6 Å². The fourth-order valence-corrected chi connectivity index (χ4v) is 1.83. The van der Waals surface area contributed by atoms with Gasteiger partial charge in [-0.15, -0.1) is 0 Å². The van der Waals surface area contributed by atoms with Crippen molar-refractivity contribution in [3.8, 4) is 0 Å². The molecule has 2 aromatic carbocycles. The predicted molar refractivity (Wildman–Crippen MR) is 72.3 cm³/mol. The van der Waals surface area contributed by atoms with Crippen molar-refractivity contribution < 1.29 is 10.2 Å². The van der Waals surface area contributed by atoms with Gasteiger partial charge in [0.2, 0.25) is 0 Å². The smallest absolute Gasteiger partial charge is 0.0745 e. The molecule has 1 atom stereocenters. The predicted octanol–water partition coefficient (Wildman–Crippen LogP) is 2.32. The van der Waals surface area contributed by atoms with Crippen LogP contribution in [-0.4, -0.2) is 16.8 Å². The van der Waals surface area contributed by atoms with Gasteiger partial charge in [-0.1, -0.05) is 42.5 Å². The van der Waals surface area contributed by atoms with Gasteiger partial charge in [-0.3, -0.25) is 0 Å². The number of hydrogen-bond donors (Lipinski definition) is 3. The van der Waals surface area contributed by atoms with Crippen molar-refractivity contribution in [3.05, 3.63) is 65.7 Å². The third-order valence-electron chi connectivity index (χ3n) is 2.86. The number of aliphatic hydroxyl groups excluding tert-OH is 2. The van der Waals surface area contributed by atoms with E-state index in [1.165, 1.54) is 0 Å². The Hall–Kier alpha value is -1.84. The maximum absolute atomic E-state index is 9.44. The van der Waals surface area contributed by atoms with E-state index < -0.39 is 0 Å². The van der Waals surface area contributed by atoms with Crippen LogP contribution < -0.4 is 5.32 Å². The Balaban J connectivity index is 2.10. The Kier molecular flexibility index (Phi) is 4.34. The molecule has 3 nitrogen and oxygen atoms in total. The minimum absolute atomic E-state index is 0.0335. The molecule has 0 saturated carbocycles. The molecule has 0 fully saturated rings. The minimum Gasteiger partial charge on any atom is -0.394 e. The van der Waals surface area contributed by atoms with Crippen LogP contribution in [0.1, 0.15) is 17.2 Å². The van der Waals surface area contributed by atoms with Crippen molar-refractivity contribution in [1.82, 2.24) is 0 Å². The molecule has 94 valence electrons. The molecule has 2 aromatic rings. The van der Waals surface area contributed by atoms with Crippen molar-refractivity contribution >= 4 is 5.69 Å². The highest BCUT2D eigenvalue weighted by molar-refractivity contribution is 5.46. The molecular formula is C15H17NO2. The van der Waals surface area contributed by atoms with Gasteiger partial charge in [-0.05, 0) is 23.3 Å². The Morgan fingerprint density at radius 2 is 1.56 bits per heavy atom. The largest absolute Gasteiger partial charge is 0.394 e. The molecule has 18 heavy (non-hydrogen) atoms. The molecule has 0 radical (unpaired) electrons. The summed E-state index contributed by atoms with van der Waals surface area (Å²) in [5.74, 6) is 0. The first kappa shape index (κ1) is 12.6. The molecule has 3 N–H and O–H groups in total. The number of aliphatic hydroxyl groups is 2. The zero-order chi connectivity index (χ0) is 12.8. The molecule has 0 aliphatic carbocycles. The average Bonchev–Trinajstić information content (AvgIpc) is 2.46. The maximum atomic E-state index is 9.44. The lowest BCUT2D eigenvalue weighted by Gasteiger charge is -2.18. The van der Waals surface area contributed by atoms with Crippen LogP contribution in [0.25, 0.3) is 0 Å². The van der Waals surface area contributed by atoms with Crippen molar-refractivity contribution in [3.63, 3.8) is 0 Å². The van der Waals surface area contributed by atoms with Gasteiger partial charge in [0.1, 0.15) is 0 Å². The lowest BCUT2D eigenvalue weighted by atomic mass is 10.1. The molecule has 0 bridgehead atoms. The van der Waals surface area contributed by atoms with Gasteiger partial charge < -0.3 is 15.5 Å². The molecule has 0 unspecified atom stereocenters. The number of benzene rings is 2. The lowest BCUT2D eigenvalue weighted by Crippen LogP contribution is -2.14. The van der Waals surface area contributed by atoms with E-state index in [9.17, 15) is 5.11 Å². The van der Waals surface area contributed by atoms with Crippen molar-refractivity contribution in [1.29, 1.82) is 0 Å². The first-order chi connectivity index (χ1) is 8.83. The quantitative estimate of drug-likeness (QED) is 0.755. The summed E-state index contributed by atoms with van der Waals surface area (Å²) in [6.07, 6.45) is 0. The fourth-order valence-electron chi connectivity index (χ4n) is 1.83. The van der Waals surface area contributed by atoms with Crippen LogP contribution in [0.4, 0.5) is 5.69 Å². The van der Waals surface area contributed by atoms with E-state index in [0.717, 1.165) is 16.8 Å². The third kappa shape index (κ3) is 3.09. The zero-order valence-corrected chi connectivity index (χ0v) is 10.1. The summed E-state index contributed by atoms with van der Waals surface area (Å²) in [4.78, 5) is 0. The first-order valence-corrected chi connectivity index (χ1v) is 5.95. The number of anilines is 1. The summed E-state index contributed by atoms with van der Waals surface area (Å²) >= 11 is 0. The van der Waals surface area contributed by atoms with Crippen molar-refractivity contribution in [2.24, 2.45) is 0 Å². The summed E-state index contributed by atoms with van der Waals surface area (Å²) in [6.45, 7) is 0.0775. The summed E-state index contributed by atoms with van der Waals surface area (Å²) in [6, 6.07) is 17.2. The highest BCUT2D eigenvalue weighted by Crippen LogP contribution is 2.19. The Labute approximate surface area is 107 Å². The van der Waals surface area contributed by atoms with Crippen LogP contribution in [0.2, 0.25) is 0 Å². The normalized spacial score (nSPS) is 12.1. The van der Waals surface area contributed by atoms with Gasteiger partial charge in [0, 0.05) is 5.69 Å². The van der Waals surface area contributed by atoms with Gasteiger partial charge in [-0.25, -0.2) is 0 Å².